The number of aromatic nitrogens is 2. The molecular formula is C18H20N4OS. The number of hydrogen-bond donors (Lipinski definition) is 2. The molecule has 4 rings (SSSR count). The first-order chi connectivity index (χ1) is 11.7. The monoisotopic (exact) mass is 340 g/mol. The Bertz CT molecular complexity index is 876. The normalized spacial score (nSPS) is 17.5. The minimum Gasteiger partial charge on any atom is -0.346 e. The molecule has 1 atom stereocenters. The number of pyridine rings is 1. The van der Waals surface area contributed by atoms with Crippen LogP contribution in [-0.4, -0.2) is 21.8 Å². The summed E-state index contributed by atoms with van der Waals surface area (Å²) in [6.07, 6.45) is 6.16. The number of aryl methyl sites for hydroxylation is 1. The molecule has 1 aliphatic heterocycles. The first-order valence-corrected chi connectivity index (χ1v) is 9.07. The number of nitrogens with one attached hydrogen (secondary N) is 2. The maximum atomic E-state index is 12.4. The quantitative estimate of drug-likeness (QED) is 0.767. The lowest BCUT2D eigenvalue weighted by Crippen LogP contribution is -2.22. The van der Waals surface area contributed by atoms with Gasteiger partial charge < -0.3 is 15.0 Å². The zero-order valence-electron chi connectivity index (χ0n) is 13.6. The van der Waals surface area contributed by atoms with E-state index in [4.69, 9.17) is 0 Å². The van der Waals surface area contributed by atoms with E-state index in [0.29, 0.717) is 12.6 Å². The Hall–Kier alpha value is -2.18. The largest absolute Gasteiger partial charge is 0.346 e. The Balaban J connectivity index is 1.45. The van der Waals surface area contributed by atoms with Crippen molar-refractivity contribution < 1.29 is 4.79 Å². The van der Waals surface area contributed by atoms with Crippen LogP contribution in [0.25, 0.3) is 5.65 Å². The number of rotatable bonds is 4. The lowest BCUT2D eigenvalue weighted by molar-refractivity contribution is 0.0954. The predicted molar refractivity (Wildman–Crippen MR) is 95.4 cm³/mol. The van der Waals surface area contributed by atoms with Gasteiger partial charge in [-0.1, -0.05) is 6.07 Å². The predicted octanol–water partition coefficient (Wildman–Crippen LogP) is 3.06. The molecule has 0 radical (unpaired) electrons. The third-order valence-corrected chi connectivity index (χ3v) is 5.69. The number of imidazole rings is 1. The molecule has 1 aliphatic rings. The van der Waals surface area contributed by atoms with Crippen LogP contribution in [0.4, 0.5) is 0 Å². The van der Waals surface area contributed by atoms with E-state index in [-0.39, 0.29) is 5.91 Å². The van der Waals surface area contributed by atoms with Crippen LogP contribution in [0.1, 0.15) is 44.7 Å². The summed E-state index contributed by atoms with van der Waals surface area (Å²) in [6.45, 7) is 3.57. The van der Waals surface area contributed by atoms with Crippen molar-refractivity contribution in [3.05, 3.63) is 57.7 Å². The molecule has 24 heavy (non-hydrogen) atoms. The van der Waals surface area contributed by atoms with E-state index in [1.807, 2.05) is 41.9 Å². The second-order valence-electron chi connectivity index (χ2n) is 6.17. The molecule has 4 heterocycles. The number of amides is 1. The first-order valence-electron chi connectivity index (χ1n) is 8.25. The third kappa shape index (κ3) is 2.83. The fourth-order valence-electron chi connectivity index (χ4n) is 3.18. The summed E-state index contributed by atoms with van der Waals surface area (Å²) in [5, 5.41) is 6.48. The van der Waals surface area contributed by atoms with Crippen molar-refractivity contribution in [3.8, 4) is 0 Å². The van der Waals surface area contributed by atoms with Crippen LogP contribution in [0.5, 0.6) is 0 Å². The molecule has 6 heteroatoms. The molecule has 5 nitrogen and oxygen atoms in total. The topological polar surface area (TPSA) is 58.4 Å². The highest BCUT2D eigenvalue weighted by atomic mass is 32.1. The molecule has 3 aromatic heterocycles. The molecule has 0 saturated carbocycles. The third-order valence-electron chi connectivity index (χ3n) is 4.49. The molecule has 0 unspecified atom stereocenters. The number of carbonyl (C=O) groups is 1. The Kier molecular flexibility index (Phi) is 4.08. The van der Waals surface area contributed by atoms with Crippen molar-refractivity contribution >= 4 is 22.9 Å². The zero-order chi connectivity index (χ0) is 16.5. The summed E-state index contributed by atoms with van der Waals surface area (Å²) in [5.74, 6) is -0.0214. The molecule has 1 fully saturated rings. The molecule has 0 aliphatic carbocycles. The van der Waals surface area contributed by atoms with Crippen LogP contribution < -0.4 is 10.6 Å². The minimum absolute atomic E-state index is 0.0214. The van der Waals surface area contributed by atoms with Crippen molar-refractivity contribution in [1.82, 2.24) is 20.0 Å². The van der Waals surface area contributed by atoms with Gasteiger partial charge in [-0.2, -0.15) is 0 Å². The van der Waals surface area contributed by atoms with Crippen LogP contribution in [0.15, 0.2) is 36.7 Å². The summed E-state index contributed by atoms with van der Waals surface area (Å²) >= 11 is 1.58. The van der Waals surface area contributed by atoms with Gasteiger partial charge in [-0.25, -0.2) is 4.98 Å². The van der Waals surface area contributed by atoms with Gasteiger partial charge in [-0.15, -0.1) is 11.3 Å². The van der Waals surface area contributed by atoms with Gasteiger partial charge in [0.15, 0.2) is 0 Å². The van der Waals surface area contributed by atoms with Crippen LogP contribution in [0, 0.1) is 6.92 Å². The summed E-state index contributed by atoms with van der Waals surface area (Å²) in [6, 6.07) is 8.44. The van der Waals surface area contributed by atoms with Gasteiger partial charge >= 0.3 is 0 Å². The van der Waals surface area contributed by atoms with Crippen molar-refractivity contribution in [2.24, 2.45) is 0 Å². The lowest BCUT2D eigenvalue weighted by Gasteiger charge is -2.06. The number of nitrogens with zero attached hydrogens (tertiary/aromatic N) is 2. The van der Waals surface area contributed by atoms with Crippen LogP contribution in [-0.2, 0) is 6.54 Å². The van der Waals surface area contributed by atoms with E-state index in [1.165, 1.54) is 11.3 Å². The molecule has 3 aromatic rings. The van der Waals surface area contributed by atoms with E-state index in [0.717, 1.165) is 34.7 Å². The summed E-state index contributed by atoms with van der Waals surface area (Å²) < 4.78 is 2.03. The van der Waals surface area contributed by atoms with E-state index in [9.17, 15) is 4.79 Å². The van der Waals surface area contributed by atoms with Gasteiger partial charge in [0.1, 0.15) is 5.65 Å². The van der Waals surface area contributed by atoms with Crippen LogP contribution >= 0.6 is 11.3 Å². The smallest absolute Gasteiger partial charge is 0.261 e. The standard InChI is InChI=1S/C18H20N4OS/c1-12-4-3-9-22-13(10-20-17(12)22)11-21-18(23)16-7-6-15(24-16)14-5-2-8-19-14/h3-4,6-7,9-10,14,19H,2,5,8,11H2,1H3,(H,21,23)/t14-/m1/s1. The van der Waals surface area contributed by atoms with Gasteiger partial charge in [-0.05, 0) is 50.1 Å². The maximum Gasteiger partial charge on any atom is 0.261 e. The zero-order valence-corrected chi connectivity index (χ0v) is 14.4. The molecule has 0 spiro atoms. The Morgan fingerprint density at radius 3 is 3.21 bits per heavy atom. The fraction of sp³-hybridized carbons (Fsp3) is 0.333. The van der Waals surface area contributed by atoms with E-state index in [1.54, 1.807) is 11.3 Å². The van der Waals surface area contributed by atoms with E-state index < -0.39 is 0 Å². The van der Waals surface area contributed by atoms with Gasteiger partial charge in [0.2, 0.25) is 0 Å². The number of thiophene rings is 1. The number of carbonyl (C=O) groups excluding carboxylic acids is 1. The minimum atomic E-state index is -0.0214. The average Bonchev–Trinajstić information content (AvgIpc) is 3.32. The SMILES string of the molecule is Cc1cccn2c(CNC(=O)c3ccc([C@H]4CCCN4)s3)cnc12. The van der Waals surface area contributed by atoms with Gasteiger partial charge in [-0.3, -0.25) is 4.79 Å². The second kappa shape index (κ2) is 6.37. The van der Waals surface area contributed by atoms with E-state index >= 15 is 0 Å². The van der Waals surface area contributed by atoms with Crippen molar-refractivity contribution in [2.75, 3.05) is 6.54 Å². The summed E-state index contributed by atoms with van der Waals surface area (Å²) in [4.78, 5) is 18.9. The maximum absolute atomic E-state index is 12.4. The van der Waals surface area contributed by atoms with Gasteiger partial charge in [0.25, 0.3) is 5.91 Å². The molecule has 2 N–H and O–H groups in total. The van der Waals surface area contributed by atoms with E-state index in [2.05, 4.69) is 21.7 Å². The van der Waals surface area contributed by atoms with Crippen molar-refractivity contribution in [2.45, 2.75) is 32.4 Å². The van der Waals surface area contributed by atoms with Gasteiger partial charge in [0, 0.05) is 17.1 Å². The molecule has 124 valence electrons. The highest BCUT2D eigenvalue weighted by molar-refractivity contribution is 7.14. The highest BCUT2D eigenvalue weighted by Gasteiger charge is 2.19. The second-order valence-corrected chi connectivity index (χ2v) is 7.28. The molecule has 1 saturated heterocycles. The Morgan fingerprint density at radius 2 is 2.38 bits per heavy atom. The Labute approximate surface area is 144 Å². The number of hydrogen-bond acceptors (Lipinski definition) is 4. The highest BCUT2D eigenvalue weighted by Crippen LogP contribution is 2.29. The summed E-state index contributed by atoms with van der Waals surface area (Å²) in [7, 11) is 0. The van der Waals surface area contributed by atoms with Crippen LogP contribution in [0.3, 0.4) is 0 Å². The molecule has 1 amide bonds. The van der Waals surface area contributed by atoms with Crippen molar-refractivity contribution in [3.63, 3.8) is 0 Å². The van der Waals surface area contributed by atoms with Crippen molar-refractivity contribution in [1.29, 1.82) is 0 Å². The Morgan fingerprint density at radius 1 is 1.46 bits per heavy atom. The van der Waals surface area contributed by atoms with Crippen LogP contribution in [0.2, 0.25) is 0 Å². The summed E-state index contributed by atoms with van der Waals surface area (Å²) in [5.41, 5.74) is 3.05. The van der Waals surface area contributed by atoms with Gasteiger partial charge in [0.05, 0.1) is 23.3 Å². The average molecular weight is 340 g/mol. The lowest BCUT2D eigenvalue weighted by atomic mass is 10.2. The number of fused-ring (bicyclic) bond motifs is 1. The molecule has 0 aromatic carbocycles. The molecular weight excluding hydrogens is 320 g/mol. The first kappa shape index (κ1) is 15.4. The molecule has 0 bridgehead atoms. The fourth-order valence-corrected chi connectivity index (χ4v) is 4.21.